The van der Waals surface area contributed by atoms with Gasteiger partial charge in [0.1, 0.15) is 17.9 Å². The molecule has 144 valence electrons. The zero-order valence-electron chi connectivity index (χ0n) is 15.3. The molecule has 0 unspecified atom stereocenters. The van der Waals surface area contributed by atoms with Gasteiger partial charge in [-0.15, -0.1) is 0 Å². The van der Waals surface area contributed by atoms with E-state index in [2.05, 4.69) is 0 Å². The van der Waals surface area contributed by atoms with Crippen LogP contribution < -0.4 is 15.1 Å². The normalized spacial score (nSPS) is 10.9. The summed E-state index contributed by atoms with van der Waals surface area (Å²) in [5, 5.41) is 9.83. The quantitative estimate of drug-likeness (QED) is 0.397. The molecule has 1 N–H and O–H groups in total. The summed E-state index contributed by atoms with van der Waals surface area (Å²) in [5.41, 5.74) is 0.956. The standard InChI is InChI=1S/C21H18O7/c1-25-18-10-16-14(9-21(24)28-17(16)11-19(18)26-2)12-27-20(23)8-5-13-3-6-15(22)7-4-13/h3-11,22H,12H2,1-2H3/b8-5+. The van der Waals surface area contributed by atoms with Gasteiger partial charge in [-0.25, -0.2) is 9.59 Å². The first-order valence-corrected chi connectivity index (χ1v) is 8.33. The van der Waals surface area contributed by atoms with E-state index in [1.54, 1.807) is 30.3 Å². The van der Waals surface area contributed by atoms with Crippen LogP contribution in [-0.2, 0) is 16.1 Å². The Hall–Kier alpha value is -3.74. The second kappa shape index (κ2) is 8.30. The lowest BCUT2D eigenvalue weighted by Gasteiger charge is -2.11. The maximum absolute atomic E-state index is 12.0. The number of phenols is 1. The number of hydrogen-bond donors (Lipinski definition) is 1. The molecule has 0 aliphatic rings. The Balaban J connectivity index is 1.80. The molecule has 0 spiro atoms. The predicted molar refractivity (Wildman–Crippen MR) is 103 cm³/mol. The molecule has 7 nitrogen and oxygen atoms in total. The number of fused-ring (bicyclic) bond motifs is 1. The number of ether oxygens (including phenoxy) is 3. The minimum absolute atomic E-state index is 0.115. The largest absolute Gasteiger partial charge is 0.508 e. The highest BCUT2D eigenvalue weighted by molar-refractivity contribution is 5.88. The van der Waals surface area contributed by atoms with Gasteiger partial charge in [0.25, 0.3) is 0 Å². The van der Waals surface area contributed by atoms with Crippen molar-refractivity contribution in [3.63, 3.8) is 0 Å². The SMILES string of the molecule is COc1cc2oc(=O)cc(COC(=O)/C=C/c3ccc(O)cc3)c2cc1OC. The minimum Gasteiger partial charge on any atom is -0.508 e. The molecule has 0 aliphatic carbocycles. The van der Waals surface area contributed by atoms with Gasteiger partial charge in [0, 0.05) is 29.2 Å². The number of hydrogen-bond acceptors (Lipinski definition) is 7. The number of esters is 1. The van der Waals surface area contributed by atoms with Gasteiger partial charge in [-0.2, -0.15) is 0 Å². The zero-order valence-corrected chi connectivity index (χ0v) is 15.3. The third kappa shape index (κ3) is 4.32. The van der Waals surface area contributed by atoms with Gasteiger partial charge in [-0.1, -0.05) is 12.1 Å². The minimum atomic E-state index is -0.574. The maximum Gasteiger partial charge on any atom is 0.336 e. The number of benzene rings is 2. The van der Waals surface area contributed by atoms with Gasteiger partial charge in [0.15, 0.2) is 11.5 Å². The fourth-order valence-electron chi connectivity index (χ4n) is 2.62. The number of phenolic OH excluding ortho intramolecular Hbond substituents is 1. The van der Waals surface area contributed by atoms with Crippen molar-refractivity contribution in [2.45, 2.75) is 6.61 Å². The van der Waals surface area contributed by atoms with E-state index >= 15 is 0 Å². The van der Waals surface area contributed by atoms with Gasteiger partial charge in [0.2, 0.25) is 0 Å². The van der Waals surface area contributed by atoms with Crippen LogP contribution >= 0.6 is 0 Å². The molecule has 2 aromatic carbocycles. The average molecular weight is 382 g/mol. The molecular weight excluding hydrogens is 364 g/mol. The second-order valence-corrected chi connectivity index (χ2v) is 5.83. The first-order chi connectivity index (χ1) is 13.5. The number of rotatable bonds is 6. The lowest BCUT2D eigenvalue weighted by atomic mass is 10.1. The number of carbonyl (C=O) groups is 1. The molecule has 0 radical (unpaired) electrons. The molecule has 3 aromatic rings. The summed E-state index contributed by atoms with van der Waals surface area (Å²) in [6.07, 6.45) is 2.83. The second-order valence-electron chi connectivity index (χ2n) is 5.83. The highest BCUT2D eigenvalue weighted by atomic mass is 16.5. The summed E-state index contributed by atoms with van der Waals surface area (Å²) in [6.45, 7) is -0.115. The molecule has 7 heteroatoms. The van der Waals surface area contributed by atoms with E-state index in [1.165, 1.54) is 38.5 Å². The van der Waals surface area contributed by atoms with Crippen LogP contribution in [0.25, 0.3) is 17.0 Å². The average Bonchev–Trinajstić information content (AvgIpc) is 2.70. The van der Waals surface area contributed by atoms with Crippen LogP contribution in [-0.4, -0.2) is 25.3 Å². The Labute approximate surface area is 160 Å². The van der Waals surface area contributed by atoms with Gasteiger partial charge in [-0.05, 0) is 29.8 Å². The first-order valence-electron chi connectivity index (χ1n) is 8.33. The fourth-order valence-corrected chi connectivity index (χ4v) is 2.62. The highest BCUT2D eigenvalue weighted by Crippen LogP contribution is 2.33. The van der Waals surface area contributed by atoms with Crippen LogP contribution in [0.4, 0.5) is 0 Å². The molecule has 3 rings (SSSR count). The van der Waals surface area contributed by atoms with Gasteiger partial charge in [0.05, 0.1) is 14.2 Å². The zero-order chi connectivity index (χ0) is 20.1. The van der Waals surface area contributed by atoms with Crippen molar-refractivity contribution in [3.05, 3.63) is 70.1 Å². The van der Waals surface area contributed by atoms with Crippen LogP contribution in [0.3, 0.4) is 0 Å². The molecule has 0 bridgehead atoms. The molecular formula is C21H18O7. The Bertz CT molecular complexity index is 1080. The summed E-state index contributed by atoms with van der Waals surface area (Å²) in [6, 6.07) is 10.8. The summed E-state index contributed by atoms with van der Waals surface area (Å²) in [5.74, 6) is 0.448. The molecule has 0 fully saturated rings. The molecule has 0 saturated carbocycles. The molecule has 0 amide bonds. The molecule has 1 aromatic heterocycles. The van der Waals surface area contributed by atoms with E-state index in [1.807, 2.05) is 0 Å². The van der Waals surface area contributed by atoms with Crippen molar-refractivity contribution < 1.29 is 28.5 Å². The number of carbonyl (C=O) groups excluding carboxylic acids is 1. The van der Waals surface area contributed by atoms with Gasteiger partial charge >= 0.3 is 11.6 Å². The summed E-state index contributed by atoms with van der Waals surface area (Å²) in [4.78, 5) is 23.8. The van der Waals surface area contributed by atoms with Crippen LogP contribution in [0.2, 0.25) is 0 Å². The first kappa shape index (κ1) is 19.0. The fraction of sp³-hybridized carbons (Fsp3) is 0.143. The van der Waals surface area contributed by atoms with E-state index in [-0.39, 0.29) is 12.4 Å². The molecule has 28 heavy (non-hydrogen) atoms. The highest BCUT2D eigenvalue weighted by Gasteiger charge is 2.13. The molecule has 0 saturated heterocycles. The maximum atomic E-state index is 12.0. The third-order valence-electron chi connectivity index (χ3n) is 4.01. The van der Waals surface area contributed by atoms with E-state index < -0.39 is 11.6 Å². The third-order valence-corrected chi connectivity index (χ3v) is 4.01. The van der Waals surface area contributed by atoms with Crippen molar-refractivity contribution in [1.29, 1.82) is 0 Å². The summed E-state index contributed by atoms with van der Waals surface area (Å²) < 4.78 is 20.9. The van der Waals surface area contributed by atoms with E-state index in [0.29, 0.717) is 28.0 Å². The smallest absolute Gasteiger partial charge is 0.336 e. The van der Waals surface area contributed by atoms with Crippen molar-refractivity contribution in [2.24, 2.45) is 0 Å². The number of methoxy groups -OCH3 is 2. The molecule has 0 aliphatic heterocycles. The van der Waals surface area contributed by atoms with Crippen LogP contribution in [0.1, 0.15) is 11.1 Å². The Morgan fingerprint density at radius 3 is 2.43 bits per heavy atom. The Morgan fingerprint density at radius 2 is 1.75 bits per heavy atom. The summed E-state index contributed by atoms with van der Waals surface area (Å²) in [7, 11) is 2.98. The summed E-state index contributed by atoms with van der Waals surface area (Å²) >= 11 is 0. The van der Waals surface area contributed by atoms with E-state index in [0.717, 1.165) is 5.56 Å². The van der Waals surface area contributed by atoms with Crippen molar-refractivity contribution >= 4 is 23.0 Å². The topological polar surface area (TPSA) is 95.2 Å². The monoisotopic (exact) mass is 382 g/mol. The molecule has 0 atom stereocenters. The van der Waals surface area contributed by atoms with Gasteiger partial charge < -0.3 is 23.7 Å². The van der Waals surface area contributed by atoms with E-state index in [9.17, 15) is 14.7 Å². The Morgan fingerprint density at radius 1 is 1.07 bits per heavy atom. The van der Waals surface area contributed by atoms with Crippen molar-refractivity contribution in [2.75, 3.05) is 14.2 Å². The predicted octanol–water partition coefficient (Wildman–Crippen LogP) is 3.27. The van der Waals surface area contributed by atoms with Crippen LogP contribution in [0.5, 0.6) is 17.2 Å². The van der Waals surface area contributed by atoms with Crippen molar-refractivity contribution in [3.8, 4) is 17.2 Å². The number of aromatic hydroxyl groups is 1. The lowest BCUT2D eigenvalue weighted by molar-refractivity contribution is -0.138. The Kier molecular flexibility index (Phi) is 5.64. The van der Waals surface area contributed by atoms with Gasteiger partial charge in [-0.3, -0.25) is 0 Å². The lowest BCUT2D eigenvalue weighted by Crippen LogP contribution is -2.06. The van der Waals surface area contributed by atoms with Crippen molar-refractivity contribution in [1.82, 2.24) is 0 Å². The van der Waals surface area contributed by atoms with E-state index in [4.69, 9.17) is 18.6 Å². The molecule has 1 heterocycles. The van der Waals surface area contributed by atoms with Crippen LogP contribution in [0.15, 0.2) is 57.8 Å². The van der Waals surface area contributed by atoms with Crippen LogP contribution in [0, 0.1) is 0 Å².